The van der Waals surface area contributed by atoms with Crippen LogP contribution in [0.3, 0.4) is 0 Å². The molecule has 5 nitrogen and oxygen atoms in total. The maximum Gasteiger partial charge on any atom is 0.293 e. The SMILES string of the molecule is COc1cccc(/C=C2\SC(=O)N(Cc3cccc(C)c3)C2=O)c1OCc1ccc(Br)cc1. The number of nitrogens with zero attached hydrogens (tertiary/aromatic N) is 1. The molecular formula is C26H22BrNO4S. The Morgan fingerprint density at radius 3 is 2.48 bits per heavy atom. The molecule has 0 unspecified atom stereocenters. The van der Waals surface area contributed by atoms with Crippen molar-refractivity contribution < 1.29 is 19.1 Å². The van der Waals surface area contributed by atoms with Crippen LogP contribution in [0.2, 0.25) is 0 Å². The molecule has 1 aliphatic heterocycles. The van der Waals surface area contributed by atoms with Crippen LogP contribution in [0.15, 0.2) is 76.1 Å². The summed E-state index contributed by atoms with van der Waals surface area (Å²) in [4.78, 5) is 27.2. The van der Waals surface area contributed by atoms with Crippen LogP contribution in [0, 0.1) is 6.92 Å². The van der Waals surface area contributed by atoms with Crippen LogP contribution < -0.4 is 9.47 Å². The van der Waals surface area contributed by atoms with Gasteiger partial charge in [0.05, 0.1) is 18.6 Å². The molecule has 4 rings (SSSR count). The van der Waals surface area contributed by atoms with Crippen molar-refractivity contribution >= 4 is 44.9 Å². The van der Waals surface area contributed by atoms with Crippen molar-refractivity contribution in [3.63, 3.8) is 0 Å². The van der Waals surface area contributed by atoms with E-state index in [1.165, 1.54) is 4.90 Å². The summed E-state index contributed by atoms with van der Waals surface area (Å²) >= 11 is 4.37. The van der Waals surface area contributed by atoms with Gasteiger partial charge in [0, 0.05) is 10.0 Å². The summed E-state index contributed by atoms with van der Waals surface area (Å²) in [5.74, 6) is 0.765. The number of thioether (sulfide) groups is 1. The molecule has 0 N–H and O–H groups in total. The van der Waals surface area contributed by atoms with Crippen molar-refractivity contribution in [3.8, 4) is 11.5 Å². The van der Waals surface area contributed by atoms with Gasteiger partial charge in [-0.3, -0.25) is 14.5 Å². The fourth-order valence-corrected chi connectivity index (χ4v) is 4.56. The van der Waals surface area contributed by atoms with Crippen LogP contribution in [-0.2, 0) is 17.9 Å². The molecule has 2 amide bonds. The van der Waals surface area contributed by atoms with Crippen molar-refractivity contribution in [2.75, 3.05) is 7.11 Å². The van der Waals surface area contributed by atoms with E-state index in [0.717, 1.165) is 32.9 Å². The fourth-order valence-electron chi connectivity index (χ4n) is 3.47. The quantitative estimate of drug-likeness (QED) is 0.327. The predicted octanol–water partition coefficient (Wildman–Crippen LogP) is 6.58. The van der Waals surface area contributed by atoms with E-state index in [-0.39, 0.29) is 17.7 Å². The van der Waals surface area contributed by atoms with Gasteiger partial charge >= 0.3 is 0 Å². The van der Waals surface area contributed by atoms with Crippen molar-refractivity contribution in [1.29, 1.82) is 0 Å². The first-order valence-corrected chi connectivity index (χ1v) is 11.9. The maximum absolute atomic E-state index is 13.0. The van der Waals surface area contributed by atoms with Gasteiger partial charge in [0.2, 0.25) is 0 Å². The number of rotatable bonds is 7. The van der Waals surface area contributed by atoms with Crippen LogP contribution in [0.4, 0.5) is 4.79 Å². The third-order valence-electron chi connectivity index (χ3n) is 5.11. The maximum atomic E-state index is 13.0. The zero-order valence-electron chi connectivity index (χ0n) is 18.2. The minimum atomic E-state index is -0.312. The molecule has 0 bridgehead atoms. The van der Waals surface area contributed by atoms with Gasteiger partial charge in [0.25, 0.3) is 11.1 Å². The smallest absolute Gasteiger partial charge is 0.293 e. The molecule has 3 aromatic carbocycles. The Morgan fingerprint density at radius 1 is 1.00 bits per heavy atom. The van der Waals surface area contributed by atoms with E-state index in [9.17, 15) is 9.59 Å². The third-order valence-corrected chi connectivity index (χ3v) is 6.55. The molecule has 0 aliphatic carbocycles. The Balaban J connectivity index is 1.58. The summed E-state index contributed by atoms with van der Waals surface area (Å²) in [6, 6.07) is 21.1. The molecular weight excluding hydrogens is 502 g/mol. The number of benzene rings is 3. The minimum Gasteiger partial charge on any atom is -0.493 e. The van der Waals surface area contributed by atoms with Gasteiger partial charge in [-0.15, -0.1) is 0 Å². The molecule has 0 atom stereocenters. The number of imide groups is 1. The monoisotopic (exact) mass is 523 g/mol. The van der Waals surface area contributed by atoms with Gasteiger partial charge < -0.3 is 9.47 Å². The number of hydrogen-bond donors (Lipinski definition) is 0. The largest absolute Gasteiger partial charge is 0.493 e. The second-order valence-electron chi connectivity index (χ2n) is 7.55. The molecule has 7 heteroatoms. The van der Waals surface area contributed by atoms with Crippen molar-refractivity contribution in [1.82, 2.24) is 4.90 Å². The van der Waals surface area contributed by atoms with E-state index in [1.807, 2.05) is 67.6 Å². The Labute approximate surface area is 205 Å². The molecule has 33 heavy (non-hydrogen) atoms. The van der Waals surface area contributed by atoms with Crippen molar-refractivity contribution in [3.05, 3.63) is 98.4 Å². The molecule has 1 heterocycles. The minimum absolute atomic E-state index is 0.245. The molecule has 168 valence electrons. The summed E-state index contributed by atoms with van der Waals surface area (Å²) in [6.45, 7) is 2.56. The number of carbonyl (C=O) groups is 2. The van der Waals surface area contributed by atoms with Crippen LogP contribution in [-0.4, -0.2) is 23.2 Å². The van der Waals surface area contributed by atoms with E-state index in [2.05, 4.69) is 15.9 Å². The first-order chi connectivity index (χ1) is 15.9. The number of ether oxygens (including phenoxy) is 2. The van der Waals surface area contributed by atoms with Gasteiger partial charge in [-0.1, -0.05) is 70.0 Å². The number of amides is 2. The Kier molecular flexibility index (Phi) is 7.20. The average molecular weight is 524 g/mol. The molecule has 0 saturated carbocycles. The van der Waals surface area contributed by atoms with Crippen LogP contribution in [0.5, 0.6) is 11.5 Å². The summed E-state index contributed by atoms with van der Waals surface area (Å²) < 4.78 is 12.6. The molecule has 3 aromatic rings. The molecule has 0 radical (unpaired) electrons. The highest BCUT2D eigenvalue weighted by atomic mass is 79.9. The normalized spacial score (nSPS) is 14.8. The lowest BCUT2D eigenvalue weighted by molar-refractivity contribution is -0.123. The predicted molar refractivity (Wildman–Crippen MR) is 134 cm³/mol. The second kappa shape index (κ2) is 10.3. The first kappa shape index (κ1) is 23.1. The number of aryl methyl sites for hydroxylation is 1. The number of para-hydroxylation sites is 1. The first-order valence-electron chi connectivity index (χ1n) is 10.3. The summed E-state index contributed by atoms with van der Waals surface area (Å²) in [6.07, 6.45) is 1.70. The van der Waals surface area contributed by atoms with E-state index < -0.39 is 0 Å². The van der Waals surface area contributed by atoms with Gasteiger partial charge in [-0.05, 0) is 54.1 Å². The van der Waals surface area contributed by atoms with E-state index in [4.69, 9.17) is 9.47 Å². The average Bonchev–Trinajstić information content (AvgIpc) is 3.06. The lowest BCUT2D eigenvalue weighted by Gasteiger charge is -2.14. The Morgan fingerprint density at radius 2 is 1.76 bits per heavy atom. The standard InChI is InChI=1S/C26H22BrNO4S/c1-17-5-3-6-19(13-17)15-28-25(29)23(33-26(28)30)14-20-7-4-8-22(31-2)24(20)32-16-18-9-11-21(27)12-10-18/h3-14H,15-16H2,1-2H3/b23-14-. The van der Waals surface area contributed by atoms with Gasteiger partial charge in [-0.2, -0.15) is 0 Å². The van der Waals surface area contributed by atoms with E-state index in [1.54, 1.807) is 19.3 Å². The topological polar surface area (TPSA) is 55.8 Å². The summed E-state index contributed by atoms with van der Waals surface area (Å²) in [5, 5.41) is -0.284. The van der Waals surface area contributed by atoms with Gasteiger partial charge in [0.1, 0.15) is 6.61 Å². The Bertz CT molecular complexity index is 1220. The van der Waals surface area contributed by atoms with Crippen LogP contribution in [0.1, 0.15) is 22.3 Å². The third kappa shape index (κ3) is 5.49. The Hall–Kier alpha value is -3.03. The van der Waals surface area contributed by atoms with Crippen molar-refractivity contribution in [2.24, 2.45) is 0 Å². The highest BCUT2D eigenvalue weighted by molar-refractivity contribution is 9.10. The van der Waals surface area contributed by atoms with Crippen molar-refractivity contribution in [2.45, 2.75) is 20.1 Å². The number of carbonyl (C=O) groups excluding carboxylic acids is 2. The molecule has 1 fully saturated rings. The summed E-state index contributed by atoms with van der Waals surface area (Å²) in [5.41, 5.74) is 3.67. The zero-order valence-corrected chi connectivity index (χ0v) is 20.6. The molecule has 1 saturated heterocycles. The highest BCUT2D eigenvalue weighted by Gasteiger charge is 2.35. The van der Waals surface area contributed by atoms with Crippen LogP contribution >= 0.6 is 27.7 Å². The van der Waals surface area contributed by atoms with Gasteiger partial charge in [0.15, 0.2) is 11.5 Å². The molecule has 1 aliphatic rings. The number of methoxy groups -OCH3 is 1. The van der Waals surface area contributed by atoms with E-state index >= 15 is 0 Å². The highest BCUT2D eigenvalue weighted by Crippen LogP contribution is 2.38. The fraction of sp³-hybridized carbons (Fsp3) is 0.154. The molecule has 0 aromatic heterocycles. The summed E-state index contributed by atoms with van der Waals surface area (Å²) in [7, 11) is 1.57. The second-order valence-corrected chi connectivity index (χ2v) is 9.46. The lowest BCUT2D eigenvalue weighted by atomic mass is 10.1. The lowest BCUT2D eigenvalue weighted by Crippen LogP contribution is -2.27. The zero-order chi connectivity index (χ0) is 23.4. The van der Waals surface area contributed by atoms with Gasteiger partial charge in [-0.25, -0.2) is 0 Å². The number of hydrogen-bond acceptors (Lipinski definition) is 5. The van der Waals surface area contributed by atoms with E-state index in [0.29, 0.717) is 28.6 Å². The molecule has 0 spiro atoms. The van der Waals surface area contributed by atoms with Crippen LogP contribution in [0.25, 0.3) is 6.08 Å². The number of halogens is 1.